The van der Waals surface area contributed by atoms with E-state index in [4.69, 9.17) is 5.73 Å². The van der Waals surface area contributed by atoms with Gasteiger partial charge in [-0.2, -0.15) is 0 Å². The monoisotopic (exact) mass is 113 g/mol. The summed E-state index contributed by atoms with van der Waals surface area (Å²) in [4.78, 5) is 0. The average molecular weight is 113 g/mol. The van der Waals surface area contributed by atoms with Crippen LogP contribution in [0.15, 0.2) is 0 Å². The maximum absolute atomic E-state index is 5.69. The van der Waals surface area contributed by atoms with Gasteiger partial charge in [-0.15, -0.1) is 0 Å². The lowest BCUT2D eigenvalue weighted by molar-refractivity contribution is 0.489. The van der Waals surface area contributed by atoms with Crippen molar-refractivity contribution in [3.8, 4) is 0 Å². The molecule has 48 valence electrons. The summed E-state index contributed by atoms with van der Waals surface area (Å²) in [5, 5.41) is 0. The molecule has 0 aromatic rings. The lowest BCUT2D eigenvalue weighted by Gasteiger charge is -2.04. The largest absolute Gasteiger partial charge is 0.327 e. The van der Waals surface area contributed by atoms with Crippen molar-refractivity contribution in [3.05, 3.63) is 0 Å². The zero-order valence-electron chi connectivity index (χ0n) is 5.78. The van der Waals surface area contributed by atoms with E-state index in [0.717, 1.165) is 0 Å². The molecule has 1 nitrogen and oxygen atoms in total. The van der Waals surface area contributed by atoms with Crippen LogP contribution >= 0.6 is 0 Å². The van der Waals surface area contributed by atoms with Crippen LogP contribution in [0.4, 0.5) is 0 Å². The lowest BCUT2D eigenvalue weighted by atomic mass is 10.0. The van der Waals surface area contributed by atoms with Gasteiger partial charge in [0.25, 0.3) is 0 Å². The molecular formula is C7H15N. The van der Waals surface area contributed by atoms with Crippen molar-refractivity contribution in [3.63, 3.8) is 0 Å². The third kappa shape index (κ3) is 0.873. The van der Waals surface area contributed by atoms with Gasteiger partial charge >= 0.3 is 0 Å². The highest BCUT2D eigenvalue weighted by Gasteiger charge is 2.45. The van der Waals surface area contributed by atoms with Crippen LogP contribution in [0.5, 0.6) is 0 Å². The molecule has 8 heavy (non-hydrogen) atoms. The van der Waals surface area contributed by atoms with Crippen LogP contribution in [-0.4, -0.2) is 6.04 Å². The molecule has 0 saturated heterocycles. The van der Waals surface area contributed by atoms with E-state index in [1.165, 1.54) is 19.3 Å². The minimum Gasteiger partial charge on any atom is -0.327 e. The van der Waals surface area contributed by atoms with Crippen LogP contribution in [0, 0.1) is 5.41 Å². The fraction of sp³-hybridized carbons (Fsp3) is 1.00. The molecule has 0 heterocycles. The van der Waals surface area contributed by atoms with Crippen molar-refractivity contribution in [2.24, 2.45) is 11.1 Å². The van der Waals surface area contributed by atoms with Gasteiger partial charge in [-0.25, -0.2) is 0 Å². The van der Waals surface area contributed by atoms with Gasteiger partial charge in [-0.1, -0.05) is 20.3 Å². The Morgan fingerprint density at radius 1 is 1.75 bits per heavy atom. The highest BCUT2D eigenvalue weighted by molar-refractivity contribution is 5.01. The SMILES string of the molecule is CCCC1(C)C[C@@H]1N. The predicted molar refractivity (Wildman–Crippen MR) is 35.6 cm³/mol. The molecule has 0 aromatic carbocycles. The fourth-order valence-electron chi connectivity index (χ4n) is 1.30. The van der Waals surface area contributed by atoms with E-state index in [0.29, 0.717) is 11.5 Å². The van der Waals surface area contributed by atoms with Crippen molar-refractivity contribution in [1.29, 1.82) is 0 Å². The van der Waals surface area contributed by atoms with Crippen molar-refractivity contribution < 1.29 is 0 Å². The van der Waals surface area contributed by atoms with E-state index in [1.807, 2.05) is 0 Å². The topological polar surface area (TPSA) is 26.0 Å². The summed E-state index contributed by atoms with van der Waals surface area (Å²) in [5.74, 6) is 0. The second-order valence-electron chi connectivity index (χ2n) is 3.21. The summed E-state index contributed by atoms with van der Waals surface area (Å²) >= 11 is 0. The van der Waals surface area contributed by atoms with Gasteiger partial charge in [0.05, 0.1) is 0 Å². The second kappa shape index (κ2) is 1.73. The normalized spacial score (nSPS) is 44.6. The molecule has 2 N–H and O–H groups in total. The molecule has 1 saturated carbocycles. The molecule has 1 aliphatic carbocycles. The molecule has 1 aliphatic rings. The molecular weight excluding hydrogens is 98.1 g/mol. The Bertz CT molecular complexity index is 90.4. The smallest absolute Gasteiger partial charge is 0.00992 e. The summed E-state index contributed by atoms with van der Waals surface area (Å²) in [6.45, 7) is 4.50. The van der Waals surface area contributed by atoms with Crippen LogP contribution in [0.3, 0.4) is 0 Å². The summed E-state index contributed by atoms with van der Waals surface area (Å²) < 4.78 is 0. The van der Waals surface area contributed by atoms with Crippen molar-refractivity contribution in [1.82, 2.24) is 0 Å². The van der Waals surface area contributed by atoms with Crippen LogP contribution in [0.2, 0.25) is 0 Å². The summed E-state index contributed by atoms with van der Waals surface area (Å²) in [6.07, 6.45) is 3.85. The maximum Gasteiger partial charge on any atom is 0.00992 e. The minimum atomic E-state index is 0.516. The fourth-order valence-corrected chi connectivity index (χ4v) is 1.30. The number of hydrogen-bond acceptors (Lipinski definition) is 1. The Morgan fingerprint density at radius 3 is 2.38 bits per heavy atom. The molecule has 0 amide bonds. The molecule has 1 fully saturated rings. The first-order valence-corrected chi connectivity index (χ1v) is 3.44. The molecule has 1 rings (SSSR count). The molecule has 1 unspecified atom stereocenters. The Hall–Kier alpha value is -0.0400. The first-order chi connectivity index (χ1) is 3.69. The molecule has 1 heteroatoms. The van der Waals surface area contributed by atoms with Crippen molar-refractivity contribution in [2.75, 3.05) is 0 Å². The van der Waals surface area contributed by atoms with Crippen molar-refractivity contribution >= 4 is 0 Å². The first kappa shape index (κ1) is 6.09. The van der Waals surface area contributed by atoms with Gasteiger partial charge in [-0.05, 0) is 18.3 Å². The van der Waals surface area contributed by atoms with Gasteiger partial charge < -0.3 is 5.73 Å². The zero-order chi connectivity index (χ0) is 6.20. The third-order valence-electron chi connectivity index (χ3n) is 2.24. The molecule has 0 spiro atoms. The molecule has 0 radical (unpaired) electrons. The van der Waals surface area contributed by atoms with Crippen LogP contribution in [0.1, 0.15) is 33.1 Å². The first-order valence-electron chi connectivity index (χ1n) is 3.44. The quantitative estimate of drug-likeness (QED) is 0.577. The summed E-state index contributed by atoms with van der Waals surface area (Å²) in [5.41, 5.74) is 6.22. The van der Waals surface area contributed by atoms with Gasteiger partial charge in [0.2, 0.25) is 0 Å². The number of rotatable bonds is 2. The van der Waals surface area contributed by atoms with Crippen molar-refractivity contribution in [2.45, 2.75) is 39.2 Å². The van der Waals surface area contributed by atoms with Gasteiger partial charge in [0, 0.05) is 6.04 Å². The third-order valence-corrected chi connectivity index (χ3v) is 2.24. The standard InChI is InChI=1S/C7H15N/c1-3-4-7(2)5-6(7)8/h6H,3-5,8H2,1-2H3/t6-,7?/m0/s1. The summed E-state index contributed by atoms with van der Waals surface area (Å²) in [7, 11) is 0. The second-order valence-corrected chi connectivity index (χ2v) is 3.21. The van der Waals surface area contributed by atoms with Crippen LogP contribution < -0.4 is 5.73 Å². The van der Waals surface area contributed by atoms with E-state index in [-0.39, 0.29) is 0 Å². The Kier molecular flexibility index (Phi) is 1.31. The van der Waals surface area contributed by atoms with Crippen LogP contribution in [0.25, 0.3) is 0 Å². The van der Waals surface area contributed by atoms with Gasteiger partial charge in [-0.3, -0.25) is 0 Å². The molecule has 0 aliphatic heterocycles. The highest BCUT2D eigenvalue weighted by atomic mass is 14.8. The van der Waals surface area contributed by atoms with E-state index in [9.17, 15) is 0 Å². The maximum atomic E-state index is 5.69. The Balaban J connectivity index is 2.25. The average Bonchev–Trinajstić information content (AvgIpc) is 2.16. The molecule has 2 atom stereocenters. The molecule has 0 bridgehead atoms. The number of nitrogens with two attached hydrogens (primary N) is 1. The highest BCUT2D eigenvalue weighted by Crippen LogP contribution is 2.47. The van der Waals surface area contributed by atoms with Crippen LogP contribution in [-0.2, 0) is 0 Å². The lowest BCUT2D eigenvalue weighted by Crippen LogP contribution is -2.09. The number of hydrogen-bond donors (Lipinski definition) is 1. The van der Waals surface area contributed by atoms with E-state index >= 15 is 0 Å². The van der Waals surface area contributed by atoms with Gasteiger partial charge in [0.15, 0.2) is 0 Å². The minimum absolute atomic E-state index is 0.516. The van der Waals surface area contributed by atoms with E-state index in [2.05, 4.69) is 13.8 Å². The van der Waals surface area contributed by atoms with E-state index < -0.39 is 0 Å². The zero-order valence-corrected chi connectivity index (χ0v) is 5.78. The van der Waals surface area contributed by atoms with Gasteiger partial charge in [0.1, 0.15) is 0 Å². The summed E-state index contributed by atoms with van der Waals surface area (Å²) in [6, 6.07) is 0.516. The molecule has 0 aromatic heterocycles. The Morgan fingerprint density at radius 2 is 2.25 bits per heavy atom. The van der Waals surface area contributed by atoms with E-state index in [1.54, 1.807) is 0 Å². The Labute approximate surface area is 51.3 Å². The predicted octanol–water partition coefficient (Wildman–Crippen LogP) is 1.52.